The number of hydrazone groups is 1. The maximum Gasteiger partial charge on any atom is 0.271 e. The molecule has 4 aliphatic rings. The molecule has 4 bridgehead atoms. The van der Waals surface area contributed by atoms with Gasteiger partial charge in [-0.25, -0.2) is 5.43 Å². The van der Waals surface area contributed by atoms with E-state index < -0.39 is 0 Å². The SMILES string of the molecule is O=C(NN=C1C2CN3CCN(C2)CC1(Cc1ccccc1)C3)c1ccncc1. The van der Waals surface area contributed by atoms with Crippen LogP contribution in [0.4, 0.5) is 0 Å². The van der Waals surface area contributed by atoms with Crippen LogP contribution in [0.15, 0.2) is 60.0 Å². The number of piperidine rings is 2. The molecule has 1 amide bonds. The molecule has 4 aliphatic heterocycles. The van der Waals surface area contributed by atoms with Gasteiger partial charge < -0.3 is 9.80 Å². The molecule has 1 aromatic carbocycles. The monoisotopic (exact) mass is 375 g/mol. The third-order valence-electron chi connectivity index (χ3n) is 6.28. The number of fused-ring (bicyclic) bond motifs is 1. The summed E-state index contributed by atoms with van der Waals surface area (Å²) in [6.07, 6.45) is 4.22. The minimum atomic E-state index is -0.169. The predicted octanol–water partition coefficient (Wildman–Crippen LogP) is 1.66. The summed E-state index contributed by atoms with van der Waals surface area (Å²) in [5.74, 6) is 0.212. The van der Waals surface area contributed by atoms with Gasteiger partial charge in [-0.1, -0.05) is 30.3 Å². The van der Waals surface area contributed by atoms with Crippen molar-refractivity contribution in [2.45, 2.75) is 6.42 Å². The van der Waals surface area contributed by atoms with Gasteiger partial charge in [-0.15, -0.1) is 0 Å². The van der Waals surface area contributed by atoms with Crippen molar-refractivity contribution >= 4 is 11.6 Å². The average Bonchev–Trinajstić information content (AvgIpc) is 2.96. The van der Waals surface area contributed by atoms with Crippen molar-refractivity contribution < 1.29 is 4.79 Å². The second-order valence-electron chi connectivity index (χ2n) is 8.28. The molecule has 6 heteroatoms. The predicted molar refractivity (Wildman–Crippen MR) is 108 cm³/mol. The van der Waals surface area contributed by atoms with Crippen molar-refractivity contribution in [1.82, 2.24) is 20.2 Å². The van der Waals surface area contributed by atoms with Crippen molar-refractivity contribution in [3.05, 3.63) is 66.0 Å². The summed E-state index contributed by atoms with van der Waals surface area (Å²) in [5.41, 5.74) is 5.90. The van der Waals surface area contributed by atoms with Crippen LogP contribution in [-0.2, 0) is 6.42 Å². The van der Waals surface area contributed by atoms with Crippen LogP contribution in [0.3, 0.4) is 0 Å². The molecule has 0 saturated carbocycles. The van der Waals surface area contributed by atoms with Gasteiger partial charge in [0.1, 0.15) is 0 Å². The Kier molecular flexibility index (Phi) is 4.45. The Hall–Kier alpha value is -2.57. The molecule has 1 aromatic heterocycles. The Morgan fingerprint density at radius 2 is 1.75 bits per heavy atom. The number of benzene rings is 1. The number of amides is 1. The zero-order chi connectivity index (χ0) is 19.0. The van der Waals surface area contributed by atoms with Crippen LogP contribution in [0.5, 0.6) is 0 Å². The standard InChI is InChI=1S/C22H25N5O/c28-21(18-6-8-23-9-7-18)25-24-20-19-13-26-10-11-27(14-19)16-22(20,15-26)12-17-4-2-1-3-5-17/h1-9,19H,10-16H2,(H,25,28). The smallest absolute Gasteiger partial charge is 0.271 e. The van der Waals surface area contributed by atoms with Gasteiger partial charge in [0.25, 0.3) is 5.91 Å². The summed E-state index contributed by atoms with van der Waals surface area (Å²) < 4.78 is 0. The van der Waals surface area contributed by atoms with E-state index in [2.05, 4.69) is 50.5 Å². The second-order valence-corrected chi connectivity index (χ2v) is 8.28. The Labute approximate surface area is 165 Å². The minimum Gasteiger partial charge on any atom is -0.300 e. The Morgan fingerprint density at radius 3 is 2.43 bits per heavy atom. The van der Waals surface area contributed by atoms with Gasteiger partial charge in [0.05, 0.1) is 5.71 Å². The lowest BCUT2D eigenvalue weighted by molar-refractivity contribution is 0.0944. The fourth-order valence-corrected chi connectivity index (χ4v) is 5.19. The fourth-order valence-electron chi connectivity index (χ4n) is 5.19. The number of carbonyl (C=O) groups is 1. The van der Waals surface area contributed by atoms with Crippen molar-refractivity contribution in [3.8, 4) is 0 Å². The molecule has 28 heavy (non-hydrogen) atoms. The number of pyridine rings is 1. The van der Waals surface area contributed by atoms with Gasteiger partial charge in [0, 0.05) is 68.6 Å². The summed E-state index contributed by atoms with van der Waals surface area (Å²) in [7, 11) is 0. The number of hydrogen-bond donors (Lipinski definition) is 1. The Morgan fingerprint density at radius 1 is 1.07 bits per heavy atom. The molecule has 0 aliphatic carbocycles. The molecular weight excluding hydrogens is 350 g/mol. The first-order valence-electron chi connectivity index (χ1n) is 9.99. The summed E-state index contributed by atoms with van der Waals surface area (Å²) in [4.78, 5) is 21.7. The van der Waals surface area contributed by atoms with E-state index in [1.54, 1.807) is 24.5 Å². The van der Waals surface area contributed by atoms with E-state index >= 15 is 0 Å². The van der Waals surface area contributed by atoms with Crippen LogP contribution in [0.25, 0.3) is 0 Å². The van der Waals surface area contributed by atoms with Crippen LogP contribution >= 0.6 is 0 Å². The second kappa shape index (κ2) is 7.11. The first-order chi connectivity index (χ1) is 13.7. The molecule has 6 rings (SSSR count). The van der Waals surface area contributed by atoms with Crippen LogP contribution in [-0.4, -0.2) is 65.7 Å². The summed E-state index contributed by atoms with van der Waals surface area (Å²) in [5, 5.41) is 4.75. The first kappa shape index (κ1) is 17.5. The molecule has 1 N–H and O–H groups in total. The van der Waals surface area contributed by atoms with Gasteiger partial charge in [0.2, 0.25) is 0 Å². The number of aromatic nitrogens is 1. The lowest BCUT2D eigenvalue weighted by atomic mass is 9.67. The lowest BCUT2D eigenvalue weighted by Crippen LogP contribution is -2.62. The van der Waals surface area contributed by atoms with E-state index in [4.69, 9.17) is 5.10 Å². The number of rotatable bonds is 4. The van der Waals surface area contributed by atoms with Crippen LogP contribution < -0.4 is 5.43 Å². The van der Waals surface area contributed by atoms with E-state index in [1.807, 2.05) is 0 Å². The normalized spacial score (nSPS) is 32.3. The molecule has 5 heterocycles. The van der Waals surface area contributed by atoms with Gasteiger partial charge in [-0.05, 0) is 24.1 Å². The molecule has 0 radical (unpaired) electrons. The molecule has 6 nitrogen and oxygen atoms in total. The zero-order valence-electron chi connectivity index (χ0n) is 15.9. The van der Waals surface area contributed by atoms with Crippen molar-refractivity contribution in [1.29, 1.82) is 0 Å². The van der Waals surface area contributed by atoms with Crippen LogP contribution in [0.2, 0.25) is 0 Å². The summed E-state index contributed by atoms with van der Waals surface area (Å²) >= 11 is 0. The first-order valence-corrected chi connectivity index (χ1v) is 9.99. The lowest BCUT2D eigenvalue weighted by Gasteiger charge is -2.50. The quantitative estimate of drug-likeness (QED) is 0.826. The summed E-state index contributed by atoms with van der Waals surface area (Å²) in [6, 6.07) is 14.1. The topological polar surface area (TPSA) is 60.8 Å². The van der Waals surface area contributed by atoms with Crippen molar-refractivity contribution in [2.24, 2.45) is 16.4 Å². The molecule has 2 aromatic rings. The Balaban J connectivity index is 1.47. The fraction of sp³-hybridized carbons (Fsp3) is 0.409. The van der Waals surface area contributed by atoms with Crippen LogP contribution in [0, 0.1) is 11.3 Å². The molecule has 2 atom stereocenters. The maximum atomic E-state index is 12.5. The van der Waals surface area contributed by atoms with Gasteiger partial charge >= 0.3 is 0 Å². The highest BCUT2D eigenvalue weighted by Crippen LogP contribution is 2.41. The molecule has 4 fully saturated rings. The minimum absolute atomic E-state index is 0.0372. The van der Waals surface area contributed by atoms with E-state index in [0.29, 0.717) is 11.5 Å². The summed E-state index contributed by atoms with van der Waals surface area (Å²) in [6.45, 7) is 6.36. The third-order valence-corrected chi connectivity index (χ3v) is 6.28. The number of nitrogens with zero attached hydrogens (tertiary/aromatic N) is 4. The highest BCUT2D eigenvalue weighted by atomic mass is 16.2. The third kappa shape index (κ3) is 3.23. The average molecular weight is 375 g/mol. The highest BCUT2D eigenvalue weighted by molar-refractivity contribution is 5.98. The van der Waals surface area contributed by atoms with Gasteiger partial charge in [-0.2, -0.15) is 5.10 Å². The number of hydrogen-bond acceptors (Lipinski definition) is 5. The molecule has 144 valence electrons. The molecular formula is C22H25N5O. The molecule has 0 spiro atoms. The van der Waals surface area contributed by atoms with E-state index in [1.165, 1.54) is 11.3 Å². The number of carbonyl (C=O) groups excluding carboxylic acids is 1. The largest absolute Gasteiger partial charge is 0.300 e. The van der Waals surface area contributed by atoms with Gasteiger partial charge in [-0.3, -0.25) is 9.78 Å². The van der Waals surface area contributed by atoms with E-state index in [0.717, 1.165) is 45.7 Å². The van der Waals surface area contributed by atoms with Crippen molar-refractivity contribution in [2.75, 3.05) is 39.3 Å². The zero-order valence-corrected chi connectivity index (χ0v) is 15.9. The van der Waals surface area contributed by atoms with Crippen LogP contribution in [0.1, 0.15) is 15.9 Å². The van der Waals surface area contributed by atoms with E-state index in [-0.39, 0.29) is 11.3 Å². The van der Waals surface area contributed by atoms with E-state index in [9.17, 15) is 4.79 Å². The molecule has 4 saturated heterocycles. The highest BCUT2D eigenvalue weighted by Gasteiger charge is 2.52. The van der Waals surface area contributed by atoms with Gasteiger partial charge in [0.15, 0.2) is 0 Å². The maximum absolute atomic E-state index is 12.5. The Bertz CT molecular complexity index is 866. The number of nitrogens with one attached hydrogen (secondary N) is 1. The molecule has 2 unspecified atom stereocenters. The van der Waals surface area contributed by atoms with Crippen molar-refractivity contribution in [3.63, 3.8) is 0 Å².